The van der Waals surface area contributed by atoms with Gasteiger partial charge in [-0.05, 0) is 11.8 Å². The average molecular weight is 250 g/mol. The van der Waals surface area contributed by atoms with Crippen molar-refractivity contribution in [3.63, 3.8) is 0 Å². The topological polar surface area (TPSA) is 57.2 Å². The molecule has 0 saturated carbocycles. The molecule has 100 valence electrons. The Balaban J connectivity index is 2.30. The van der Waals surface area contributed by atoms with Gasteiger partial charge in [0.1, 0.15) is 0 Å². The molecule has 0 spiro atoms. The molecule has 0 bridgehead atoms. The summed E-state index contributed by atoms with van der Waals surface area (Å²) in [5.74, 6) is 3.45. The van der Waals surface area contributed by atoms with Crippen molar-refractivity contribution in [2.24, 2.45) is 11.8 Å². The molecule has 0 radical (unpaired) electrons. The van der Waals surface area contributed by atoms with Crippen LogP contribution in [-0.4, -0.2) is 49.2 Å². The van der Waals surface area contributed by atoms with Gasteiger partial charge in [0.2, 0.25) is 17.8 Å². The highest BCUT2D eigenvalue weighted by Gasteiger charge is 2.28. The van der Waals surface area contributed by atoms with Gasteiger partial charge in [-0.3, -0.25) is 0 Å². The summed E-state index contributed by atoms with van der Waals surface area (Å²) in [4.78, 5) is 17.4. The summed E-state index contributed by atoms with van der Waals surface area (Å²) in [5, 5.41) is 2.99. The van der Waals surface area contributed by atoms with Crippen LogP contribution in [0.5, 0.6) is 0 Å². The lowest BCUT2D eigenvalue weighted by molar-refractivity contribution is 0.494. The van der Waals surface area contributed by atoms with Crippen molar-refractivity contribution in [3.8, 4) is 0 Å². The normalized spacial score (nSPS) is 23.3. The van der Waals surface area contributed by atoms with Crippen molar-refractivity contribution < 1.29 is 0 Å². The van der Waals surface area contributed by atoms with E-state index in [4.69, 9.17) is 0 Å². The molecule has 6 nitrogen and oxygen atoms in total. The van der Waals surface area contributed by atoms with Crippen molar-refractivity contribution in [1.82, 2.24) is 15.0 Å². The van der Waals surface area contributed by atoms with E-state index in [2.05, 4.69) is 39.0 Å². The monoisotopic (exact) mass is 250 g/mol. The van der Waals surface area contributed by atoms with Crippen LogP contribution >= 0.6 is 0 Å². The van der Waals surface area contributed by atoms with Gasteiger partial charge in [-0.15, -0.1) is 0 Å². The van der Waals surface area contributed by atoms with Crippen molar-refractivity contribution in [1.29, 1.82) is 0 Å². The van der Waals surface area contributed by atoms with Gasteiger partial charge in [0.15, 0.2) is 0 Å². The molecule has 1 aliphatic rings. The third-order valence-electron chi connectivity index (χ3n) is 3.51. The van der Waals surface area contributed by atoms with Crippen molar-refractivity contribution in [3.05, 3.63) is 0 Å². The van der Waals surface area contributed by atoms with Crippen LogP contribution in [0.2, 0.25) is 0 Å². The summed E-state index contributed by atoms with van der Waals surface area (Å²) in [6.45, 7) is 6.58. The Morgan fingerprint density at radius 3 is 2.22 bits per heavy atom. The molecule has 18 heavy (non-hydrogen) atoms. The number of nitrogens with one attached hydrogen (secondary N) is 1. The molecule has 1 fully saturated rings. The Morgan fingerprint density at radius 1 is 1.11 bits per heavy atom. The Labute approximate surface area is 108 Å². The van der Waals surface area contributed by atoms with Gasteiger partial charge in [-0.1, -0.05) is 13.8 Å². The Morgan fingerprint density at radius 2 is 1.72 bits per heavy atom. The highest BCUT2D eigenvalue weighted by atomic mass is 15.4. The molecular weight excluding hydrogens is 228 g/mol. The van der Waals surface area contributed by atoms with E-state index in [1.807, 2.05) is 26.0 Å². The maximum absolute atomic E-state index is 4.52. The van der Waals surface area contributed by atoms with Crippen LogP contribution in [0.3, 0.4) is 0 Å². The molecular formula is C12H22N6. The first-order valence-corrected chi connectivity index (χ1v) is 6.37. The second kappa shape index (κ2) is 4.96. The van der Waals surface area contributed by atoms with Gasteiger partial charge in [0.05, 0.1) is 0 Å². The fourth-order valence-electron chi connectivity index (χ4n) is 2.10. The zero-order valence-corrected chi connectivity index (χ0v) is 11.8. The average Bonchev–Trinajstić information content (AvgIpc) is 2.69. The highest BCUT2D eigenvalue weighted by Crippen LogP contribution is 2.26. The lowest BCUT2D eigenvalue weighted by atomic mass is 10.0. The maximum atomic E-state index is 4.52. The second-order valence-electron chi connectivity index (χ2n) is 5.26. The van der Waals surface area contributed by atoms with Crippen molar-refractivity contribution in [2.45, 2.75) is 13.8 Å². The van der Waals surface area contributed by atoms with Gasteiger partial charge >= 0.3 is 0 Å². The largest absolute Gasteiger partial charge is 0.357 e. The minimum atomic E-state index is 0.621. The first-order chi connectivity index (χ1) is 8.51. The number of anilines is 3. The van der Waals surface area contributed by atoms with Crippen LogP contribution in [0.25, 0.3) is 0 Å². The van der Waals surface area contributed by atoms with Crippen LogP contribution < -0.4 is 15.1 Å². The van der Waals surface area contributed by atoms with E-state index < -0.39 is 0 Å². The molecule has 1 N–H and O–H groups in total. The van der Waals surface area contributed by atoms with Gasteiger partial charge in [0.25, 0.3) is 0 Å². The second-order valence-corrected chi connectivity index (χ2v) is 5.26. The maximum Gasteiger partial charge on any atom is 0.231 e. The summed E-state index contributed by atoms with van der Waals surface area (Å²) < 4.78 is 0. The van der Waals surface area contributed by atoms with Gasteiger partial charge in [-0.2, -0.15) is 15.0 Å². The third kappa shape index (κ3) is 2.47. The van der Waals surface area contributed by atoms with Crippen LogP contribution in [0, 0.1) is 11.8 Å². The molecule has 1 aromatic rings. The summed E-state index contributed by atoms with van der Waals surface area (Å²) in [5.41, 5.74) is 0. The molecule has 2 rings (SSSR count). The van der Waals surface area contributed by atoms with E-state index in [1.165, 1.54) is 0 Å². The quantitative estimate of drug-likeness (QED) is 0.866. The van der Waals surface area contributed by atoms with Crippen LogP contribution in [0.1, 0.15) is 13.8 Å². The summed E-state index contributed by atoms with van der Waals surface area (Å²) in [7, 11) is 5.70. The number of hydrogen-bond acceptors (Lipinski definition) is 6. The van der Waals surface area contributed by atoms with Gasteiger partial charge < -0.3 is 15.1 Å². The lowest BCUT2D eigenvalue weighted by Gasteiger charge is -2.19. The first-order valence-electron chi connectivity index (χ1n) is 6.37. The van der Waals surface area contributed by atoms with Gasteiger partial charge in [0, 0.05) is 34.2 Å². The van der Waals surface area contributed by atoms with E-state index >= 15 is 0 Å². The minimum Gasteiger partial charge on any atom is -0.357 e. The fourth-order valence-corrected chi connectivity index (χ4v) is 2.10. The van der Waals surface area contributed by atoms with E-state index in [0.717, 1.165) is 19.0 Å². The van der Waals surface area contributed by atoms with Crippen LogP contribution in [0.4, 0.5) is 17.8 Å². The molecule has 0 amide bonds. The van der Waals surface area contributed by atoms with E-state index in [0.29, 0.717) is 23.7 Å². The number of hydrogen-bond donors (Lipinski definition) is 1. The standard InChI is InChI=1S/C12H22N6/c1-8-6-18(7-9(8)2)12-15-10(13-3)14-11(16-12)17(4)5/h8-9H,6-7H2,1-5H3,(H,13,14,15,16). The van der Waals surface area contributed by atoms with Crippen LogP contribution in [0.15, 0.2) is 0 Å². The lowest BCUT2D eigenvalue weighted by Crippen LogP contribution is -2.24. The molecule has 0 aliphatic carbocycles. The summed E-state index contributed by atoms with van der Waals surface area (Å²) in [6, 6.07) is 0. The van der Waals surface area contributed by atoms with E-state index in [9.17, 15) is 0 Å². The predicted molar refractivity (Wildman–Crippen MR) is 74.2 cm³/mol. The summed E-state index contributed by atoms with van der Waals surface area (Å²) >= 11 is 0. The smallest absolute Gasteiger partial charge is 0.231 e. The zero-order chi connectivity index (χ0) is 13.3. The molecule has 2 atom stereocenters. The molecule has 1 saturated heterocycles. The van der Waals surface area contributed by atoms with E-state index in [1.54, 1.807) is 0 Å². The Kier molecular flexibility index (Phi) is 3.54. The minimum absolute atomic E-state index is 0.621. The fraction of sp³-hybridized carbons (Fsp3) is 0.750. The predicted octanol–water partition coefficient (Wildman–Crippen LogP) is 1.07. The molecule has 1 aromatic heterocycles. The number of nitrogens with zero attached hydrogens (tertiary/aromatic N) is 5. The zero-order valence-electron chi connectivity index (χ0n) is 11.8. The molecule has 2 unspecified atom stereocenters. The van der Waals surface area contributed by atoms with Crippen molar-refractivity contribution >= 4 is 17.8 Å². The highest BCUT2D eigenvalue weighted by molar-refractivity contribution is 5.45. The summed E-state index contributed by atoms with van der Waals surface area (Å²) in [6.07, 6.45) is 0. The van der Waals surface area contributed by atoms with Crippen LogP contribution in [-0.2, 0) is 0 Å². The molecule has 6 heteroatoms. The number of rotatable bonds is 3. The number of aromatic nitrogens is 3. The molecule has 2 heterocycles. The first kappa shape index (κ1) is 12.9. The Hall–Kier alpha value is -1.59. The van der Waals surface area contributed by atoms with Gasteiger partial charge in [-0.25, -0.2) is 0 Å². The molecule has 0 aromatic carbocycles. The SMILES string of the molecule is CNc1nc(N(C)C)nc(N2CC(C)C(C)C2)n1. The van der Waals surface area contributed by atoms with Crippen molar-refractivity contribution in [2.75, 3.05) is 49.3 Å². The third-order valence-corrected chi connectivity index (χ3v) is 3.51. The van der Waals surface area contributed by atoms with E-state index in [-0.39, 0.29) is 0 Å². The Bertz CT molecular complexity index is 409. The molecule has 1 aliphatic heterocycles.